The normalized spacial score (nSPS) is 22.7. The minimum atomic E-state index is -0.413. The molecule has 0 bridgehead atoms. The Bertz CT molecular complexity index is 1110. The quantitative estimate of drug-likeness (QED) is 0.483. The molecule has 0 spiro atoms. The van der Waals surface area contributed by atoms with Crippen molar-refractivity contribution < 1.29 is 19.1 Å². The molecule has 2 N–H and O–H groups in total. The number of amides is 2. The SMILES string of the molecule is CN(CCN1CCC(OC(=O)Nc2ccccc2-c2ccccc2)CC1)C(=O)C1CCC(CN2CCOCC2)CN1. The second-order valence-electron chi connectivity index (χ2n) is 11.6. The summed E-state index contributed by atoms with van der Waals surface area (Å²) in [6.07, 6.45) is 3.06. The Hall–Kier alpha value is -2.98. The molecule has 2 unspecified atom stereocenters. The highest BCUT2D eigenvalue weighted by Gasteiger charge is 2.29. The molecule has 2 amide bonds. The number of ether oxygens (including phenoxy) is 2. The van der Waals surface area contributed by atoms with Gasteiger partial charge in [0.05, 0.1) is 24.9 Å². The predicted molar refractivity (Wildman–Crippen MR) is 161 cm³/mol. The Kier molecular flexibility index (Phi) is 10.6. The smallest absolute Gasteiger partial charge is 0.411 e. The maximum absolute atomic E-state index is 13.1. The Morgan fingerprint density at radius 3 is 2.41 bits per heavy atom. The lowest BCUT2D eigenvalue weighted by Gasteiger charge is -2.36. The Morgan fingerprint density at radius 1 is 0.951 bits per heavy atom. The molecule has 222 valence electrons. The van der Waals surface area contributed by atoms with Crippen molar-refractivity contribution in [1.82, 2.24) is 20.0 Å². The highest BCUT2D eigenvalue weighted by Crippen LogP contribution is 2.28. The van der Waals surface area contributed by atoms with Gasteiger partial charge >= 0.3 is 6.09 Å². The van der Waals surface area contributed by atoms with Crippen LogP contribution in [0.5, 0.6) is 0 Å². The van der Waals surface area contributed by atoms with E-state index in [1.165, 1.54) is 0 Å². The first-order chi connectivity index (χ1) is 20.0. The number of carbonyl (C=O) groups is 2. The molecule has 3 saturated heterocycles. The first-order valence-electron chi connectivity index (χ1n) is 15.2. The van der Waals surface area contributed by atoms with E-state index in [4.69, 9.17) is 9.47 Å². The molecule has 41 heavy (non-hydrogen) atoms. The molecule has 3 fully saturated rings. The van der Waals surface area contributed by atoms with E-state index in [-0.39, 0.29) is 18.1 Å². The van der Waals surface area contributed by atoms with Crippen molar-refractivity contribution in [2.24, 2.45) is 5.92 Å². The molecular weight excluding hydrogens is 518 g/mol. The van der Waals surface area contributed by atoms with Gasteiger partial charge in [0.15, 0.2) is 0 Å². The van der Waals surface area contributed by atoms with Gasteiger partial charge in [0, 0.05) is 58.4 Å². The molecule has 2 aromatic rings. The summed E-state index contributed by atoms with van der Waals surface area (Å²) in [4.78, 5) is 32.5. The van der Waals surface area contributed by atoms with E-state index in [0.29, 0.717) is 12.5 Å². The van der Waals surface area contributed by atoms with Crippen LogP contribution in [0.4, 0.5) is 10.5 Å². The van der Waals surface area contributed by atoms with Crippen LogP contribution in [-0.4, -0.2) is 111 Å². The third kappa shape index (κ3) is 8.52. The number of para-hydroxylation sites is 1. The molecule has 0 aromatic heterocycles. The van der Waals surface area contributed by atoms with Crippen LogP contribution in [0.15, 0.2) is 54.6 Å². The van der Waals surface area contributed by atoms with Crippen molar-refractivity contribution in [3.8, 4) is 11.1 Å². The molecule has 3 heterocycles. The van der Waals surface area contributed by atoms with Gasteiger partial charge in [-0.15, -0.1) is 0 Å². The summed E-state index contributed by atoms with van der Waals surface area (Å²) in [5, 5.41) is 6.46. The van der Waals surface area contributed by atoms with Gasteiger partial charge in [0.25, 0.3) is 0 Å². The van der Waals surface area contributed by atoms with Gasteiger partial charge in [-0.1, -0.05) is 48.5 Å². The van der Waals surface area contributed by atoms with Gasteiger partial charge in [-0.3, -0.25) is 15.0 Å². The molecule has 3 aliphatic heterocycles. The lowest BCUT2D eigenvalue weighted by atomic mass is 9.93. The molecule has 3 aliphatic rings. The van der Waals surface area contributed by atoms with Crippen LogP contribution in [0, 0.1) is 5.92 Å². The fraction of sp³-hybridized carbons (Fsp3) is 0.562. The minimum Gasteiger partial charge on any atom is -0.446 e. The Labute approximate surface area is 244 Å². The summed E-state index contributed by atoms with van der Waals surface area (Å²) in [6.45, 7) is 8.93. The molecule has 2 aromatic carbocycles. The van der Waals surface area contributed by atoms with E-state index in [1.54, 1.807) is 0 Å². The Balaban J connectivity index is 0.985. The molecule has 9 heteroatoms. The van der Waals surface area contributed by atoms with Gasteiger partial charge in [-0.2, -0.15) is 0 Å². The topological polar surface area (TPSA) is 86.4 Å². The molecule has 5 rings (SSSR count). The number of likely N-dealkylation sites (N-methyl/N-ethyl adjacent to an activating group) is 1. The van der Waals surface area contributed by atoms with E-state index in [2.05, 4.69) is 20.4 Å². The zero-order chi connectivity index (χ0) is 28.4. The third-order valence-corrected chi connectivity index (χ3v) is 8.62. The number of nitrogens with one attached hydrogen (secondary N) is 2. The van der Waals surface area contributed by atoms with Gasteiger partial charge in [0.2, 0.25) is 5.91 Å². The van der Waals surface area contributed by atoms with Gasteiger partial charge < -0.3 is 24.6 Å². The first-order valence-corrected chi connectivity index (χ1v) is 15.2. The lowest BCUT2D eigenvalue weighted by Crippen LogP contribution is -2.52. The molecular formula is C32H45N5O4. The van der Waals surface area contributed by atoms with Gasteiger partial charge in [-0.25, -0.2) is 4.79 Å². The molecule has 0 aliphatic carbocycles. The highest BCUT2D eigenvalue weighted by molar-refractivity contribution is 5.91. The summed E-state index contributed by atoms with van der Waals surface area (Å²) >= 11 is 0. The van der Waals surface area contributed by atoms with Crippen molar-refractivity contribution >= 4 is 17.7 Å². The highest BCUT2D eigenvalue weighted by atomic mass is 16.6. The number of carbonyl (C=O) groups excluding carboxylic acids is 2. The number of hydrogen-bond donors (Lipinski definition) is 2. The number of nitrogens with zero attached hydrogens (tertiary/aromatic N) is 3. The van der Waals surface area contributed by atoms with Crippen LogP contribution in [0.3, 0.4) is 0 Å². The standard InChI is InChI=1S/C32H45N5O4/c1-35(31(38)30-12-11-25(23-33-30)24-37-19-21-40-22-20-37)17-18-36-15-13-27(14-16-36)41-32(39)34-29-10-6-5-9-28(29)26-7-3-2-4-8-26/h2-10,25,27,30,33H,11-24H2,1H3,(H,34,39). The maximum Gasteiger partial charge on any atom is 0.411 e. The van der Waals surface area contributed by atoms with E-state index < -0.39 is 6.09 Å². The van der Waals surface area contributed by atoms with Crippen LogP contribution in [0.1, 0.15) is 25.7 Å². The summed E-state index contributed by atoms with van der Waals surface area (Å²) in [7, 11) is 1.91. The van der Waals surface area contributed by atoms with Crippen molar-refractivity contribution in [2.45, 2.75) is 37.8 Å². The lowest BCUT2D eigenvalue weighted by molar-refractivity contribution is -0.133. The summed E-state index contributed by atoms with van der Waals surface area (Å²) in [6, 6.07) is 17.7. The fourth-order valence-corrected chi connectivity index (χ4v) is 6.10. The second kappa shape index (κ2) is 14.8. The van der Waals surface area contributed by atoms with Crippen molar-refractivity contribution in [3.63, 3.8) is 0 Å². The van der Waals surface area contributed by atoms with Crippen LogP contribution in [0.2, 0.25) is 0 Å². The molecule has 0 saturated carbocycles. The van der Waals surface area contributed by atoms with Crippen molar-refractivity contribution in [3.05, 3.63) is 54.6 Å². The maximum atomic E-state index is 13.1. The van der Waals surface area contributed by atoms with Crippen LogP contribution >= 0.6 is 0 Å². The van der Waals surface area contributed by atoms with Crippen LogP contribution in [-0.2, 0) is 14.3 Å². The number of benzene rings is 2. The number of piperidine rings is 2. The van der Waals surface area contributed by atoms with E-state index in [1.807, 2.05) is 66.5 Å². The molecule has 2 atom stereocenters. The van der Waals surface area contributed by atoms with E-state index in [0.717, 1.165) is 102 Å². The third-order valence-electron chi connectivity index (χ3n) is 8.62. The predicted octanol–water partition coefficient (Wildman–Crippen LogP) is 3.53. The number of morpholine rings is 1. The molecule has 0 radical (unpaired) electrons. The van der Waals surface area contributed by atoms with Crippen molar-refractivity contribution in [2.75, 3.05) is 77.9 Å². The summed E-state index contributed by atoms with van der Waals surface area (Å²) in [5.41, 5.74) is 2.76. The summed E-state index contributed by atoms with van der Waals surface area (Å²) in [5.74, 6) is 0.798. The number of hydrogen-bond acceptors (Lipinski definition) is 7. The van der Waals surface area contributed by atoms with Gasteiger partial charge in [0.1, 0.15) is 6.10 Å². The van der Waals surface area contributed by atoms with E-state index >= 15 is 0 Å². The largest absolute Gasteiger partial charge is 0.446 e. The van der Waals surface area contributed by atoms with E-state index in [9.17, 15) is 9.59 Å². The zero-order valence-corrected chi connectivity index (χ0v) is 24.3. The average molecular weight is 564 g/mol. The van der Waals surface area contributed by atoms with Crippen molar-refractivity contribution in [1.29, 1.82) is 0 Å². The van der Waals surface area contributed by atoms with Crippen LogP contribution < -0.4 is 10.6 Å². The summed E-state index contributed by atoms with van der Waals surface area (Å²) < 4.78 is 11.2. The number of anilines is 1. The number of likely N-dealkylation sites (tertiary alicyclic amines) is 1. The monoisotopic (exact) mass is 563 g/mol. The van der Waals surface area contributed by atoms with Gasteiger partial charge in [-0.05, 0) is 49.8 Å². The first kappa shape index (κ1) is 29.5. The number of rotatable bonds is 9. The van der Waals surface area contributed by atoms with Crippen LogP contribution in [0.25, 0.3) is 11.1 Å². The Morgan fingerprint density at radius 2 is 1.68 bits per heavy atom. The second-order valence-corrected chi connectivity index (χ2v) is 11.6. The molecule has 9 nitrogen and oxygen atoms in total. The minimum absolute atomic E-state index is 0.0781. The fourth-order valence-electron chi connectivity index (χ4n) is 6.10. The zero-order valence-electron chi connectivity index (χ0n) is 24.3. The average Bonchev–Trinajstić information content (AvgIpc) is 3.02.